The van der Waals surface area contributed by atoms with Gasteiger partial charge in [0.15, 0.2) is 12.4 Å². The molecule has 1 aliphatic heterocycles. The molecule has 1 fully saturated rings. The number of nitrogens with one attached hydrogen (secondary N) is 1. The van der Waals surface area contributed by atoms with Crippen LogP contribution in [0.2, 0.25) is 0 Å². The van der Waals surface area contributed by atoms with Crippen LogP contribution in [0.4, 0.5) is 0 Å². The number of phenols is 1. The monoisotopic (exact) mass is 371 g/mol. The van der Waals surface area contributed by atoms with E-state index in [1.165, 1.54) is 24.3 Å². The highest BCUT2D eigenvalue weighted by atomic mass is 16.7. The van der Waals surface area contributed by atoms with Gasteiger partial charge in [0.25, 0.3) is 0 Å². The van der Waals surface area contributed by atoms with Crippen molar-refractivity contribution in [3.63, 3.8) is 0 Å². The number of phenolic OH excluding ortho intramolecular Hbond substituents is 1. The molecule has 0 spiro atoms. The summed E-state index contributed by atoms with van der Waals surface area (Å²) in [5.41, 5.74) is -0.0639. The van der Waals surface area contributed by atoms with Crippen LogP contribution in [-0.4, -0.2) is 76.4 Å². The van der Waals surface area contributed by atoms with Crippen molar-refractivity contribution in [1.29, 1.82) is 0 Å². The molecule has 1 heterocycles. The zero-order valence-corrected chi connectivity index (χ0v) is 15.3. The lowest BCUT2D eigenvalue weighted by atomic mass is 9.99. The number of aromatic hydroxyl groups is 1. The largest absolute Gasteiger partial charge is 0.508 e. The second-order valence-corrected chi connectivity index (χ2v) is 7.33. The summed E-state index contributed by atoms with van der Waals surface area (Å²) in [6.07, 6.45) is -5.55. The maximum absolute atomic E-state index is 10.4. The number of benzene rings is 1. The lowest BCUT2D eigenvalue weighted by molar-refractivity contribution is -0.296. The molecule has 5 N–H and O–H groups in total. The minimum Gasteiger partial charge on any atom is -0.508 e. The molecule has 148 valence electrons. The Balaban J connectivity index is 1.94. The first-order chi connectivity index (χ1) is 12.2. The summed E-state index contributed by atoms with van der Waals surface area (Å²) in [6.45, 7) is 6.48. The van der Waals surface area contributed by atoms with E-state index in [-0.39, 0.29) is 17.9 Å². The Kier molecular flexibility index (Phi) is 7.22. The Morgan fingerprint density at radius 3 is 2.35 bits per heavy atom. The number of hydrogen-bond acceptors (Lipinski definition) is 8. The molecule has 1 aromatic carbocycles. The molecule has 1 saturated heterocycles. The van der Waals surface area contributed by atoms with Gasteiger partial charge in [-0.3, -0.25) is 0 Å². The first kappa shape index (κ1) is 20.9. The van der Waals surface area contributed by atoms with E-state index >= 15 is 0 Å². The first-order valence-electron chi connectivity index (χ1n) is 8.66. The van der Waals surface area contributed by atoms with Crippen molar-refractivity contribution in [2.24, 2.45) is 0 Å². The van der Waals surface area contributed by atoms with Gasteiger partial charge < -0.3 is 40.0 Å². The zero-order chi connectivity index (χ0) is 19.3. The van der Waals surface area contributed by atoms with E-state index in [9.17, 15) is 20.4 Å². The molecule has 26 heavy (non-hydrogen) atoms. The SMILES string of the molecule is CC(C)(C)NCCO[C@H]1OC(CO)[C@@H](Oc2ccc(O)cc2)[C@H](O)C1O. The van der Waals surface area contributed by atoms with Crippen molar-refractivity contribution in [1.82, 2.24) is 5.32 Å². The first-order valence-corrected chi connectivity index (χ1v) is 8.66. The van der Waals surface area contributed by atoms with Crippen LogP contribution in [0.5, 0.6) is 11.5 Å². The number of aliphatic hydroxyl groups excluding tert-OH is 3. The van der Waals surface area contributed by atoms with Crippen LogP contribution in [0.25, 0.3) is 0 Å². The Morgan fingerprint density at radius 1 is 1.12 bits per heavy atom. The fraction of sp³-hybridized carbons (Fsp3) is 0.667. The maximum Gasteiger partial charge on any atom is 0.186 e. The predicted molar refractivity (Wildman–Crippen MR) is 94.0 cm³/mol. The highest BCUT2D eigenvalue weighted by Gasteiger charge is 2.46. The molecular formula is C18H29NO7. The van der Waals surface area contributed by atoms with Gasteiger partial charge in [0.05, 0.1) is 13.2 Å². The van der Waals surface area contributed by atoms with Gasteiger partial charge in [-0.2, -0.15) is 0 Å². The van der Waals surface area contributed by atoms with Crippen molar-refractivity contribution in [2.45, 2.75) is 57.0 Å². The lowest BCUT2D eigenvalue weighted by Crippen LogP contribution is -2.61. The molecule has 2 unspecified atom stereocenters. The summed E-state index contributed by atoms with van der Waals surface area (Å²) in [4.78, 5) is 0. The molecule has 0 saturated carbocycles. The molecule has 2 rings (SSSR count). The van der Waals surface area contributed by atoms with E-state index in [1.807, 2.05) is 20.8 Å². The summed E-state index contributed by atoms with van der Waals surface area (Å²) in [5, 5.41) is 42.8. The van der Waals surface area contributed by atoms with Gasteiger partial charge in [0.1, 0.15) is 29.8 Å². The van der Waals surface area contributed by atoms with Gasteiger partial charge in [0.2, 0.25) is 0 Å². The Hall–Kier alpha value is -1.42. The van der Waals surface area contributed by atoms with Crippen LogP contribution in [0.1, 0.15) is 20.8 Å². The van der Waals surface area contributed by atoms with Gasteiger partial charge in [-0.15, -0.1) is 0 Å². The maximum atomic E-state index is 10.4. The van der Waals surface area contributed by atoms with E-state index in [0.29, 0.717) is 12.3 Å². The zero-order valence-electron chi connectivity index (χ0n) is 15.3. The van der Waals surface area contributed by atoms with Crippen LogP contribution >= 0.6 is 0 Å². The molecule has 0 bridgehead atoms. The molecule has 0 aliphatic carbocycles. The Labute approximate surface area is 153 Å². The number of ether oxygens (including phenoxy) is 3. The van der Waals surface area contributed by atoms with Crippen LogP contribution in [0.15, 0.2) is 24.3 Å². The highest BCUT2D eigenvalue weighted by molar-refractivity contribution is 5.30. The summed E-state index contributed by atoms with van der Waals surface area (Å²) in [6, 6.07) is 5.90. The Bertz CT molecular complexity index is 543. The quantitative estimate of drug-likeness (QED) is 0.424. The second kappa shape index (κ2) is 8.98. The van der Waals surface area contributed by atoms with E-state index in [4.69, 9.17) is 14.2 Å². The third-order valence-electron chi connectivity index (χ3n) is 3.97. The molecule has 8 heteroatoms. The molecular weight excluding hydrogens is 342 g/mol. The van der Waals surface area contributed by atoms with Crippen LogP contribution < -0.4 is 10.1 Å². The minimum absolute atomic E-state index is 0.0639. The van der Waals surface area contributed by atoms with Crippen molar-refractivity contribution < 1.29 is 34.6 Å². The third-order valence-corrected chi connectivity index (χ3v) is 3.97. The summed E-state index contributed by atoms with van der Waals surface area (Å²) in [5.74, 6) is 0.448. The van der Waals surface area contributed by atoms with Gasteiger partial charge in [-0.1, -0.05) is 0 Å². The number of aliphatic hydroxyl groups is 3. The average molecular weight is 371 g/mol. The highest BCUT2D eigenvalue weighted by Crippen LogP contribution is 2.27. The molecule has 5 atom stereocenters. The van der Waals surface area contributed by atoms with E-state index in [2.05, 4.69) is 5.32 Å². The fourth-order valence-corrected chi connectivity index (χ4v) is 2.62. The standard InChI is InChI=1S/C18H29NO7/c1-18(2,3)19-8-9-24-17-15(23)14(22)16(13(10-20)26-17)25-12-6-4-11(21)5-7-12/h4-7,13-17,19-23H,8-10H2,1-3H3/t13?,14-,15?,16-,17+/m1/s1. The van der Waals surface area contributed by atoms with Gasteiger partial charge >= 0.3 is 0 Å². The minimum atomic E-state index is -1.32. The smallest absolute Gasteiger partial charge is 0.186 e. The molecule has 0 radical (unpaired) electrons. The van der Waals surface area contributed by atoms with Crippen molar-refractivity contribution >= 4 is 0 Å². The number of hydrogen-bond donors (Lipinski definition) is 5. The molecule has 8 nitrogen and oxygen atoms in total. The van der Waals surface area contributed by atoms with Crippen molar-refractivity contribution in [3.05, 3.63) is 24.3 Å². The summed E-state index contributed by atoms with van der Waals surface area (Å²) >= 11 is 0. The third kappa shape index (κ3) is 5.80. The second-order valence-electron chi connectivity index (χ2n) is 7.33. The van der Waals surface area contributed by atoms with Crippen LogP contribution in [0, 0.1) is 0 Å². The van der Waals surface area contributed by atoms with E-state index in [1.54, 1.807) is 0 Å². The van der Waals surface area contributed by atoms with Crippen LogP contribution in [-0.2, 0) is 9.47 Å². The fourth-order valence-electron chi connectivity index (χ4n) is 2.62. The lowest BCUT2D eigenvalue weighted by Gasteiger charge is -2.41. The molecule has 1 aliphatic rings. The van der Waals surface area contributed by atoms with Gasteiger partial charge in [-0.05, 0) is 45.0 Å². The van der Waals surface area contributed by atoms with Gasteiger partial charge in [0, 0.05) is 12.1 Å². The summed E-state index contributed by atoms with van der Waals surface area (Å²) < 4.78 is 16.7. The topological polar surface area (TPSA) is 121 Å². The average Bonchev–Trinajstić information content (AvgIpc) is 2.58. The molecule has 0 aromatic heterocycles. The van der Waals surface area contributed by atoms with Crippen LogP contribution in [0.3, 0.4) is 0 Å². The van der Waals surface area contributed by atoms with E-state index < -0.39 is 37.3 Å². The van der Waals surface area contributed by atoms with Crippen molar-refractivity contribution in [2.75, 3.05) is 19.8 Å². The summed E-state index contributed by atoms with van der Waals surface area (Å²) in [7, 11) is 0. The molecule has 0 amide bonds. The normalized spacial score (nSPS) is 29.5. The van der Waals surface area contributed by atoms with Crippen molar-refractivity contribution in [3.8, 4) is 11.5 Å². The predicted octanol–water partition coefficient (Wildman–Crippen LogP) is -0.0167. The molecule has 1 aromatic rings. The number of rotatable bonds is 7. The Morgan fingerprint density at radius 2 is 1.77 bits per heavy atom. The van der Waals surface area contributed by atoms with Gasteiger partial charge in [-0.25, -0.2) is 0 Å². The van der Waals surface area contributed by atoms with E-state index in [0.717, 1.165) is 0 Å².